The van der Waals surface area contributed by atoms with Crippen molar-refractivity contribution in [3.63, 3.8) is 0 Å². The second kappa shape index (κ2) is 9.13. The highest BCUT2D eigenvalue weighted by Crippen LogP contribution is 2.21. The van der Waals surface area contributed by atoms with Crippen molar-refractivity contribution in [3.8, 4) is 0 Å². The Bertz CT molecular complexity index is 981. The zero-order valence-electron chi connectivity index (χ0n) is 16.0. The van der Waals surface area contributed by atoms with Crippen LogP contribution < -0.4 is 16.2 Å². The summed E-state index contributed by atoms with van der Waals surface area (Å²) in [6.45, 7) is 1.71. The average Bonchev–Trinajstić information content (AvgIpc) is 3.52. The lowest BCUT2D eigenvalue weighted by Gasteiger charge is -2.11. The molecule has 1 saturated carbocycles. The molecule has 0 atom stereocenters. The number of carbonyl (C=O) groups excluding carboxylic acids is 3. The van der Waals surface area contributed by atoms with Gasteiger partial charge in [0, 0.05) is 18.7 Å². The number of benzene rings is 1. The summed E-state index contributed by atoms with van der Waals surface area (Å²) in [4.78, 5) is 48.3. The van der Waals surface area contributed by atoms with Crippen LogP contribution in [0.3, 0.4) is 0 Å². The number of ether oxygens (including phenoxy) is 1. The first-order valence-corrected chi connectivity index (χ1v) is 9.43. The molecular weight excluding hydrogens is 376 g/mol. The number of nitrogens with one attached hydrogen (secondary N) is 2. The van der Waals surface area contributed by atoms with Crippen LogP contribution in [0.2, 0.25) is 0 Å². The predicted octanol–water partition coefficient (Wildman–Crippen LogP) is 1.34. The number of hydrogen-bond acceptors (Lipinski definition) is 6. The van der Waals surface area contributed by atoms with Crippen molar-refractivity contribution < 1.29 is 19.1 Å². The zero-order chi connectivity index (χ0) is 20.8. The number of hydrogen-bond donors (Lipinski definition) is 2. The SMILES string of the molecule is CCCn1nc(C(=O)OCC(=O)Nc2ccccc2C(=O)NC2CC2)ccc1=O. The number of amides is 2. The summed E-state index contributed by atoms with van der Waals surface area (Å²) >= 11 is 0. The van der Waals surface area contributed by atoms with Crippen molar-refractivity contribution in [2.45, 2.75) is 38.8 Å². The van der Waals surface area contributed by atoms with Crippen LogP contribution in [-0.2, 0) is 16.1 Å². The maximum atomic E-state index is 12.3. The highest BCUT2D eigenvalue weighted by Gasteiger charge is 2.25. The fraction of sp³-hybridized carbons (Fsp3) is 0.350. The van der Waals surface area contributed by atoms with E-state index in [0.717, 1.165) is 12.8 Å². The molecule has 1 aromatic carbocycles. The largest absolute Gasteiger partial charge is 0.451 e. The van der Waals surface area contributed by atoms with Crippen LogP contribution in [-0.4, -0.2) is 40.2 Å². The molecule has 2 N–H and O–H groups in total. The van der Waals surface area contributed by atoms with Gasteiger partial charge in [-0.25, -0.2) is 9.48 Å². The van der Waals surface area contributed by atoms with Crippen molar-refractivity contribution in [1.29, 1.82) is 0 Å². The van der Waals surface area contributed by atoms with Gasteiger partial charge in [-0.1, -0.05) is 19.1 Å². The van der Waals surface area contributed by atoms with Crippen LogP contribution in [0.25, 0.3) is 0 Å². The van der Waals surface area contributed by atoms with Gasteiger partial charge in [0.1, 0.15) is 0 Å². The molecule has 29 heavy (non-hydrogen) atoms. The first kappa shape index (κ1) is 20.2. The molecule has 1 fully saturated rings. The summed E-state index contributed by atoms with van der Waals surface area (Å²) in [5.41, 5.74) is 0.297. The number of rotatable bonds is 8. The summed E-state index contributed by atoms with van der Waals surface area (Å²) in [6, 6.07) is 9.28. The molecule has 1 heterocycles. The van der Waals surface area contributed by atoms with Crippen LogP contribution in [0.4, 0.5) is 5.69 Å². The van der Waals surface area contributed by atoms with Crippen LogP contribution in [0.1, 0.15) is 47.0 Å². The first-order valence-electron chi connectivity index (χ1n) is 9.43. The number of aromatic nitrogens is 2. The maximum Gasteiger partial charge on any atom is 0.359 e. The van der Waals surface area contributed by atoms with E-state index >= 15 is 0 Å². The Morgan fingerprint density at radius 1 is 1.17 bits per heavy atom. The topological polar surface area (TPSA) is 119 Å². The second-order valence-electron chi connectivity index (χ2n) is 6.70. The van der Waals surface area contributed by atoms with Gasteiger partial charge in [0.25, 0.3) is 17.4 Å². The lowest BCUT2D eigenvalue weighted by atomic mass is 10.1. The molecule has 1 aliphatic rings. The Balaban J connectivity index is 1.59. The van der Waals surface area contributed by atoms with E-state index in [4.69, 9.17) is 4.74 Å². The molecule has 152 valence electrons. The van der Waals surface area contributed by atoms with Crippen LogP contribution in [0.5, 0.6) is 0 Å². The van der Waals surface area contributed by atoms with Gasteiger partial charge < -0.3 is 15.4 Å². The molecule has 0 radical (unpaired) electrons. The standard InChI is InChI=1S/C20H22N4O5/c1-2-11-24-18(26)10-9-16(23-24)20(28)29-12-17(25)22-15-6-4-3-5-14(15)19(27)21-13-7-8-13/h3-6,9-10,13H,2,7-8,11-12H2,1H3,(H,21,27)(H,22,25). The van der Waals surface area contributed by atoms with Crippen molar-refractivity contribution in [1.82, 2.24) is 15.1 Å². The molecule has 3 rings (SSSR count). The van der Waals surface area contributed by atoms with Crippen LogP contribution in [0.15, 0.2) is 41.2 Å². The molecule has 1 aromatic heterocycles. The third-order valence-electron chi connectivity index (χ3n) is 4.20. The zero-order valence-corrected chi connectivity index (χ0v) is 16.0. The van der Waals surface area contributed by atoms with Crippen molar-refractivity contribution in [3.05, 3.63) is 58.0 Å². The van der Waals surface area contributed by atoms with E-state index in [1.807, 2.05) is 6.92 Å². The minimum Gasteiger partial charge on any atom is -0.451 e. The van der Waals surface area contributed by atoms with E-state index in [2.05, 4.69) is 15.7 Å². The molecule has 1 aliphatic carbocycles. The predicted molar refractivity (Wildman–Crippen MR) is 105 cm³/mol. The highest BCUT2D eigenvalue weighted by atomic mass is 16.5. The lowest BCUT2D eigenvalue weighted by molar-refractivity contribution is -0.119. The Morgan fingerprint density at radius 3 is 2.66 bits per heavy atom. The highest BCUT2D eigenvalue weighted by molar-refractivity contribution is 6.04. The van der Waals surface area contributed by atoms with Gasteiger partial charge in [-0.3, -0.25) is 14.4 Å². The smallest absolute Gasteiger partial charge is 0.359 e. The van der Waals surface area contributed by atoms with Gasteiger partial charge >= 0.3 is 5.97 Å². The molecule has 9 heteroatoms. The molecular formula is C20H22N4O5. The number of carbonyl (C=O) groups is 3. The van der Waals surface area contributed by atoms with Gasteiger partial charge in [-0.05, 0) is 37.5 Å². The normalized spacial score (nSPS) is 12.9. The average molecular weight is 398 g/mol. The van der Waals surface area contributed by atoms with E-state index in [0.29, 0.717) is 24.2 Å². The molecule has 0 aliphatic heterocycles. The molecule has 9 nitrogen and oxygen atoms in total. The van der Waals surface area contributed by atoms with Crippen LogP contribution >= 0.6 is 0 Å². The van der Waals surface area contributed by atoms with Gasteiger partial charge in [-0.15, -0.1) is 0 Å². The van der Waals surface area contributed by atoms with E-state index in [-0.39, 0.29) is 23.2 Å². The third kappa shape index (κ3) is 5.50. The minimum absolute atomic E-state index is 0.0601. The molecule has 0 spiro atoms. The van der Waals surface area contributed by atoms with Crippen LogP contribution in [0, 0.1) is 0 Å². The van der Waals surface area contributed by atoms with Gasteiger partial charge in [0.2, 0.25) is 0 Å². The number of anilines is 1. The molecule has 0 unspecified atom stereocenters. The second-order valence-corrected chi connectivity index (χ2v) is 6.70. The van der Waals surface area contributed by atoms with E-state index in [1.165, 1.54) is 16.8 Å². The quantitative estimate of drug-likeness (QED) is 0.648. The van der Waals surface area contributed by atoms with Gasteiger partial charge in [0.15, 0.2) is 12.3 Å². The van der Waals surface area contributed by atoms with Gasteiger partial charge in [0.05, 0.1) is 11.3 Å². The summed E-state index contributed by atoms with van der Waals surface area (Å²) in [7, 11) is 0. The van der Waals surface area contributed by atoms with E-state index in [9.17, 15) is 19.2 Å². The van der Waals surface area contributed by atoms with E-state index < -0.39 is 18.5 Å². The summed E-state index contributed by atoms with van der Waals surface area (Å²) < 4.78 is 6.15. The Labute approximate surface area is 167 Å². The van der Waals surface area contributed by atoms with Gasteiger partial charge in [-0.2, -0.15) is 5.10 Å². The maximum absolute atomic E-state index is 12.3. The van der Waals surface area contributed by atoms with Crippen molar-refractivity contribution >= 4 is 23.5 Å². The Kier molecular flexibility index (Phi) is 6.38. The number of aryl methyl sites for hydroxylation is 1. The fourth-order valence-corrected chi connectivity index (χ4v) is 2.60. The number of para-hydroxylation sites is 1. The Hall–Kier alpha value is -3.49. The molecule has 0 bridgehead atoms. The van der Waals surface area contributed by atoms with E-state index in [1.54, 1.807) is 24.3 Å². The molecule has 2 amide bonds. The third-order valence-corrected chi connectivity index (χ3v) is 4.20. The molecule has 2 aromatic rings. The Morgan fingerprint density at radius 2 is 1.93 bits per heavy atom. The lowest BCUT2D eigenvalue weighted by Crippen LogP contribution is -2.28. The summed E-state index contributed by atoms with van der Waals surface area (Å²) in [5.74, 6) is -1.67. The minimum atomic E-state index is -0.815. The van der Waals surface area contributed by atoms with Crippen molar-refractivity contribution in [2.75, 3.05) is 11.9 Å². The summed E-state index contributed by atoms with van der Waals surface area (Å²) in [6.07, 6.45) is 2.59. The van der Waals surface area contributed by atoms with Crippen molar-refractivity contribution in [2.24, 2.45) is 0 Å². The molecule has 0 saturated heterocycles. The number of esters is 1. The summed E-state index contributed by atoms with van der Waals surface area (Å²) in [5, 5.41) is 9.38. The number of nitrogens with zero attached hydrogens (tertiary/aromatic N) is 2. The monoisotopic (exact) mass is 398 g/mol. The fourth-order valence-electron chi connectivity index (χ4n) is 2.60. The first-order chi connectivity index (χ1) is 14.0.